The minimum atomic E-state index is -0.861. The molecular weight excluding hydrogens is 260 g/mol. The van der Waals surface area contributed by atoms with E-state index in [1.807, 2.05) is 9.80 Å². The van der Waals surface area contributed by atoms with Gasteiger partial charge in [0.25, 0.3) is 0 Å². The normalized spacial score (nSPS) is 36.2. The van der Waals surface area contributed by atoms with Gasteiger partial charge in [0, 0.05) is 31.7 Å². The summed E-state index contributed by atoms with van der Waals surface area (Å²) in [5.41, 5.74) is 0.287. The Morgan fingerprint density at radius 1 is 1.10 bits per heavy atom. The number of nitrogens with zero attached hydrogens (tertiary/aromatic N) is 2. The highest BCUT2D eigenvalue weighted by atomic mass is 16.1. The molecule has 21 heavy (non-hydrogen) atoms. The molecule has 2 aliphatic carbocycles. The van der Waals surface area contributed by atoms with Crippen molar-refractivity contribution in [1.29, 1.82) is 0 Å². The summed E-state index contributed by atoms with van der Waals surface area (Å²) in [6, 6.07) is 0.360. The Labute approximate surface area is 133 Å². The molecule has 0 N–H and O–H groups in total. The first-order valence-corrected chi connectivity index (χ1v) is 8.64. The molecule has 3 aliphatic rings. The summed E-state index contributed by atoms with van der Waals surface area (Å²) >= 11 is 0. The van der Waals surface area contributed by atoms with Gasteiger partial charge in [-0.15, -0.1) is 0 Å². The number of rotatable bonds is 3. The third-order valence-corrected chi connectivity index (χ3v) is 5.13. The number of hydrogen-bond donors (Lipinski definition) is 0. The van der Waals surface area contributed by atoms with Gasteiger partial charge in [0.05, 0.1) is 9.39 Å². The Morgan fingerprint density at radius 3 is 2.24 bits per heavy atom. The number of carbonyl (C=O) groups excluding carboxylic acids is 1. The van der Waals surface area contributed by atoms with Crippen molar-refractivity contribution in [2.45, 2.75) is 83.2 Å². The summed E-state index contributed by atoms with van der Waals surface area (Å²) in [5, 5.41) is 0. The Bertz CT molecular complexity index is 498. The van der Waals surface area contributed by atoms with Crippen LogP contribution in [0.25, 0.3) is 0 Å². The van der Waals surface area contributed by atoms with Crippen LogP contribution in [-0.2, 0) is 4.79 Å². The third-order valence-electron chi connectivity index (χ3n) is 5.13. The molecule has 3 nitrogen and oxygen atoms in total. The van der Waals surface area contributed by atoms with Crippen molar-refractivity contribution in [3.63, 3.8) is 0 Å². The predicted molar refractivity (Wildman–Crippen MR) is 85.9 cm³/mol. The molecule has 3 rings (SSSR count). The van der Waals surface area contributed by atoms with Crippen LogP contribution < -0.4 is 0 Å². The largest absolute Gasteiger partial charge is 0.361 e. The summed E-state index contributed by atoms with van der Waals surface area (Å²) in [6.45, 7) is -0.0944. The number of hydrogen-bond acceptors (Lipinski definition) is 3. The van der Waals surface area contributed by atoms with Crippen LogP contribution >= 0.6 is 0 Å². The van der Waals surface area contributed by atoms with Crippen LogP contribution in [0.2, 0.25) is 0 Å². The first kappa shape index (κ1) is 11.7. The van der Waals surface area contributed by atoms with Crippen molar-refractivity contribution in [3.05, 3.63) is 11.7 Å². The third kappa shape index (κ3) is 3.68. The van der Waals surface area contributed by atoms with Crippen LogP contribution in [0, 0.1) is 0 Å². The van der Waals surface area contributed by atoms with E-state index in [0.29, 0.717) is 0 Å². The van der Waals surface area contributed by atoms with E-state index in [2.05, 4.69) is 0 Å². The van der Waals surface area contributed by atoms with E-state index in [0.717, 1.165) is 51.4 Å². The SMILES string of the molecule is [2H]C1=C(C(C)=O)C([2H])N(C2CCCCC2)C([2H])N1C1CCCCC1. The monoisotopic (exact) mass is 293 g/mol. The topological polar surface area (TPSA) is 23.6 Å². The lowest BCUT2D eigenvalue weighted by Crippen LogP contribution is -2.50. The molecule has 0 aromatic carbocycles. The highest BCUT2D eigenvalue weighted by Crippen LogP contribution is 2.29. The van der Waals surface area contributed by atoms with Crippen molar-refractivity contribution < 1.29 is 8.91 Å². The Hall–Kier alpha value is -0.830. The molecule has 1 aliphatic heterocycles. The van der Waals surface area contributed by atoms with Gasteiger partial charge in [-0.3, -0.25) is 9.69 Å². The van der Waals surface area contributed by atoms with Crippen LogP contribution in [0.4, 0.5) is 0 Å². The zero-order valence-electron chi connectivity index (χ0n) is 16.2. The summed E-state index contributed by atoms with van der Waals surface area (Å²) in [6.07, 6.45) is 11.1. The van der Waals surface area contributed by atoms with Crippen molar-refractivity contribution in [3.8, 4) is 0 Å². The summed E-state index contributed by atoms with van der Waals surface area (Å²) < 4.78 is 26.0. The van der Waals surface area contributed by atoms with Gasteiger partial charge in [0.15, 0.2) is 5.78 Å². The van der Waals surface area contributed by atoms with Crippen molar-refractivity contribution in [2.75, 3.05) is 13.2 Å². The molecule has 2 saturated carbocycles. The second kappa shape index (κ2) is 6.95. The average molecular weight is 293 g/mol. The van der Waals surface area contributed by atoms with Gasteiger partial charge in [-0.2, -0.15) is 0 Å². The lowest BCUT2D eigenvalue weighted by molar-refractivity contribution is -0.114. The Balaban J connectivity index is 1.94. The Morgan fingerprint density at radius 2 is 1.67 bits per heavy atom. The number of carbonyl (C=O) groups is 1. The quantitative estimate of drug-likeness (QED) is 0.792. The molecule has 2 fully saturated rings. The van der Waals surface area contributed by atoms with Gasteiger partial charge in [-0.05, 0) is 32.6 Å². The molecule has 0 radical (unpaired) electrons. The maximum atomic E-state index is 12.2. The molecule has 0 spiro atoms. The van der Waals surface area contributed by atoms with E-state index in [4.69, 9.17) is 4.11 Å². The molecular formula is C18H30N2O. The van der Waals surface area contributed by atoms with Gasteiger partial charge >= 0.3 is 0 Å². The standard InChI is InChI=1S/C18H30N2O/c1-15(21)16-12-19(17-8-4-2-5-9-17)14-20(13-16)18-10-6-3-7-11-18/h12,17-18H,2-11,13-14H2,1H3/i12D,13D,14D. The minimum absolute atomic E-state index is 0.140. The predicted octanol–water partition coefficient (Wildman–Crippen LogP) is 3.70. The van der Waals surface area contributed by atoms with E-state index >= 15 is 0 Å². The van der Waals surface area contributed by atoms with E-state index in [-0.39, 0.29) is 29.6 Å². The molecule has 0 amide bonds. The molecule has 0 saturated heterocycles. The molecule has 3 heteroatoms. The van der Waals surface area contributed by atoms with Crippen LogP contribution in [-0.4, -0.2) is 40.8 Å². The first-order chi connectivity index (χ1) is 11.5. The van der Waals surface area contributed by atoms with Gasteiger partial charge in [0.2, 0.25) is 0 Å². The minimum Gasteiger partial charge on any atom is -0.361 e. The van der Waals surface area contributed by atoms with E-state index in [1.54, 1.807) is 0 Å². The zero-order valence-corrected chi connectivity index (χ0v) is 13.2. The fraction of sp³-hybridized carbons (Fsp3) is 0.833. The van der Waals surface area contributed by atoms with E-state index < -0.39 is 13.2 Å². The fourth-order valence-corrected chi connectivity index (χ4v) is 3.82. The van der Waals surface area contributed by atoms with Crippen molar-refractivity contribution in [1.82, 2.24) is 9.80 Å². The van der Waals surface area contributed by atoms with E-state index in [1.165, 1.54) is 19.8 Å². The smallest absolute Gasteiger partial charge is 0.158 e. The van der Waals surface area contributed by atoms with Crippen LogP contribution in [0.1, 0.15) is 75.2 Å². The van der Waals surface area contributed by atoms with Crippen LogP contribution in [0.3, 0.4) is 0 Å². The fourth-order valence-electron chi connectivity index (χ4n) is 3.82. The lowest BCUT2D eigenvalue weighted by Gasteiger charge is -2.44. The first-order valence-electron chi connectivity index (χ1n) is 10.3. The molecule has 2 unspecified atom stereocenters. The lowest BCUT2D eigenvalue weighted by atomic mass is 9.92. The zero-order chi connectivity index (χ0) is 17.3. The second-order valence-electron chi connectivity index (χ2n) is 6.76. The molecule has 0 bridgehead atoms. The average Bonchev–Trinajstić information content (AvgIpc) is 2.56. The maximum Gasteiger partial charge on any atom is 0.158 e. The highest BCUT2D eigenvalue weighted by molar-refractivity contribution is 5.93. The summed E-state index contributed by atoms with van der Waals surface area (Å²) in [7, 11) is 0. The van der Waals surface area contributed by atoms with Crippen molar-refractivity contribution in [2.24, 2.45) is 0 Å². The summed E-state index contributed by atoms with van der Waals surface area (Å²) in [4.78, 5) is 15.9. The van der Waals surface area contributed by atoms with Gasteiger partial charge in [0.1, 0.15) is 0 Å². The highest BCUT2D eigenvalue weighted by Gasteiger charge is 2.30. The van der Waals surface area contributed by atoms with E-state index in [9.17, 15) is 4.79 Å². The van der Waals surface area contributed by atoms with Gasteiger partial charge in [-0.25, -0.2) is 0 Å². The maximum absolute atomic E-state index is 12.2. The van der Waals surface area contributed by atoms with Crippen molar-refractivity contribution >= 4 is 5.78 Å². The molecule has 0 aromatic rings. The van der Waals surface area contributed by atoms with Crippen LogP contribution in [0.5, 0.6) is 0 Å². The second-order valence-corrected chi connectivity index (χ2v) is 6.76. The molecule has 0 aromatic heterocycles. The molecule has 118 valence electrons. The Kier molecular flexibility index (Phi) is 3.87. The van der Waals surface area contributed by atoms with Gasteiger partial charge in [-0.1, -0.05) is 38.5 Å². The molecule has 1 heterocycles. The van der Waals surface area contributed by atoms with Crippen LogP contribution in [0.15, 0.2) is 11.7 Å². The van der Waals surface area contributed by atoms with Gasteiger partial charge < -0.3 is 4.90 Å². The molecule has 2 atom stereocenters. The number of Topliss-reactive ketones (excluding diaryl/α,β-unsaturated/α-hetero) is 1. The summed E-state index contributed by atoms with van der Waals surface area (Å²) in [5.74, 6) is -0.187. The number of ketones is 1.